The smallest absolute Gasteiger partial charge is 0.410 e. The second kappa shape index (κ2) is 8.83. The van der Waals surface area contributed by atoms with Crippen molar-refractivity contribution >= 4 is 23.0 Å². The molecule has 2 N–H and O–H groups in total. The second-order valence-corrected chi connectivity index (χ2v) is 12.1. The Hall–Kier alpha value is -3.39. The molecule has 0 unspecified atom stereocenters. The number of ether oxygens (including phenoxy) is 1. The number of fused-ring (bicyclic) bond motifs is 2. The van der Waals surface area contributed by atoms with Gasteiger partial charge in [0.1, 0.15) is 16.8 Å². The number of hydrogen-bond acceptors (Lipinski definition) is 5. The molecular formula is C30H36N4O4. The summed E-state index contributed by atoms with van der Waals surface area (Å²) >= 11 is 0. The van der Waals surface area contributed by atoms with Crippen molar-refractivity contribution in [2.45, 2.75) is 83.6 Å². The van der Waals surface area contributed by atoms with Gasteiger partial charge in [0.25, 0.3) is 5.91 Å². The molecule has 4 heterocycles. The predicted octanol–water partition coefficient (Wildman–Crippen LogP) is 5.02. The molecule has 2 amide bonds. The summed E-state index contributed by atoms with van der Waals surface area (Å²) in [6.45, 7) is 9.38. The van der Waals surface area contributed by atoms with Crippen molar-refractivity contribution in [3.05, 3.63) is 52.8 Å². The molecule has 1 aromatic carbocycles. The summed E-state index contributed by atoms with van der Waals surface area (Å²) in [5.41, 5.74) is 5.66. The van der Waals surface area contributed by atoms with E-state index in [1.54, 1.807) is 4.90 Å². The van der Waals surface area contributed by atoms with Gasteiger partial charge in [0.15, 0.2) is 0 Å². The number of amides is 2. The van der Waals surface area contributed by atoms with Gasteiger partial charge in [-0.05, 0) is 99.7 Å². The fraction of sp³-hybridized carbons (Fsp3) is 0.500. The molecule has 1 saturated carbocycles. The molecule has 2 fully saturated rings. The number of aromatic amines is 1. The lowest BCUT2D eigenvalue weighted by atomic mass is 9.86. The monoisotopic (exact) mass is 516 g/mol. The number of rotatable bonds is 3. The van der Waals surface area contributed by atoms with Crippen molar-refractivity contribution in [3.8, 4) is 11.1 Å². The van der Waals surface area contributed by atoms with Crippen molar-refractivity contribution in [1.82, 2.24) is 19.8 Å². The lowest BCUT2D eigenvalue weighted by molar-refractivity contribution is -0.143. The molecule has 200 valence electrons. The van der Waals surface area contributed by atoms with Crippen molar-refractivity contribution in [2.24, 2.45) is 0 Å². The van der Waals surface area contributed by atoms with Crippen LogP contribution in [0.5, 0.6) is 0 Å². The number of H-pyrrole nitrogens is 1. The number of hydrogen-bond donors (Lipinski definition) is 2. The van der Waals surface area contributed by atoms with Crippen LogP contribution in [-0.2, 0) is 22.5 Å². The molecule has 2 aliphatic heterocycles. The zero-order valence-electron chi connectivity index (χ0n) is 22.6. The first-order valence-corrected chi connectivity index (χ1v) is 13.6. The fourth-order valence-electron chi connectivity index (χ4n) is 5.88. The summed E-state index contributed by atoms with van der Waals surface area (Å²) in [4.78, 5) is 37.8. The van der Waals surface area contributed by atoms with E-state index < -0.39 is 11.2 Å². The van der Waals surface area contributed by atoms with Gasteiger partial charge >= 0.3 is 6.09 Å². The summed E-state index contributed by atoms with van der Waals surface area (Å²) in [6.07, 6.45) is 7.05. The Morgan fingerprint density at radius 1 is 1.16 bits per heavy atom. The minimum Gasteiger partial charge on any atom is -0.444 e. The maximum Gasteiger partial charge on any atom is 0.410 e. The van der Waals surface area contributed by atoms with Crippen LogP contribution in [-0.4, -0.2) is 61.2 Å². The number of aryl methyl sites for hydroxylation is 1. The molecule has 3 aromatic rings. The van der Waals surface area contributed by atoms with Crippen LogP contribution in [0.2, 0.25) is 0 Å². The first-order chi connectivity index (χ1) is 18.0. The lowest BCUT2D eigenvalue weighted by Gasteiger charge is -2.35. The second-order valence-electron chi connectivity index (χ2n) is 12.1. The molecule has 1 atom stereocenters. The molecule has 8 nitrogen and oxygen atoms in total. The molecule has 6 rings (SSSR count). The highest BCUT2D eigenvalue weighted by molar-refractivity contribution is 5.88. The number of nitrogens with zero attached hydrogens (tertiary/aromatic N) is 3. The van der Waals surface area contributed by atoms with Gasteiger partial charge in [-0.25, -0.2) is 9.78 Å². The minimum atomic E-state index is -1.19. The Labute approximate surface area is 223 Å². The van der Waals surface area contributed by atoms with Crippen molar-refractivity contribution in [2.75, 3.05) is 13.1 Å². The van der Waals surface area contributed by atoms with Crippen LogP contribution in [0.1, 0.15) is 74.8 Å². The van der Waals surface area contributed by atoms with E-state index in [9.17, 15) is 14.7 Å². The predicted molar refractivity (Wildman–Crippen MR) is 144 cm³/mol. The normalized spacial score (nSPS) is 20.5. The van der Waals surface area contributed by atoms with Gasteiger partial charge in [-0.3, -0.25) is 4.79 Å². The van der Waals surface area contributed by atoms with E-state index in [1.165, 1.54) is 5.56 Å². The maximum atomic E-state index is 13.2. The van der Waals surface area contributed by atoms with E-state index in [-0.39, 0.29) is 18.0 Å². The lowest BCUT2D eigenvalue weighted by Crippen LogP contribution is -2.44. The number of pyridine rings is 1. The van der Waals surface area contributed by atoms with Crippen LogP contribution in [0.4, 0.5) is 4.79 Å². The molecule has 0 bridgehead atoms. The molecule has 0 spiro atoms. The number of carbonyl (C=O) groups excluding carboxylic acids is 2. The highest BCUT2D eigenvalue weighted by Crippen LogP contribution is 2.42. The fourth-order valence-corrected chi connectivity index (χ4v) is 5.88. The van der Waals surface area contributed by atoms with E-state index in [4.69, 9.17) is 4.74 Å². The summed E-state index contributed by atoms with van der Waals surface area (Å²) in [5.74, 6) is -0.175. The molecule has 0 radical (unpaired) electrons. The topological polar surface area (TPSA) is 98.8 Å². The Morgan fingerprint density at radius 2 is 1.95 bits per heavy atom. The SMILES string of the molecule is Cc1c[nH]c2ncc(-c3cc4c(c([C@@H]5CCCN5C(=O)OC(C)(C)C)c3)CN(C(=O)C3(O)CC3)CC4)cc12. The van der Waals surface area contributed by atoms with Crippen molar-refractivity contribution in [3.63, 3.8) is 0 Å². The van der Waals surface area contributed by atoms with Crippen LogP contribution in [0.25, 0.3) is 22.2 Å². The number of aromatic nitrogens is 2. The largest absolute Gasteiger partial charge is 0.444 e. The standard InChI is InChI=1S/C30H36N4O4/c1-18-15-31-26-22(18)14-21(16-32-26)20-12-19-7-11-33(27(35)30(37)8-9-30)17-24(19)23(13-20)25-6-5-10-34(25)28(36)38-29(2,3)4/h12-16,25,37H,5-11,17H2,1-4H3,(H,31,32)/t25-/m0/s1. The molecule has 3 aliphatic rings. The molecule has 1 aliphatic carbocycles. The maximum absolute atomic E-state index is 13.2. The Bertz CT molecular complexity index is 1430. The van der Waals surface area contributed by atoms with E-state index >= 15 is 0 Å². The summed E-state index contributed by atoms with van der Waals surface area (Å²) < 4.78 is 5.77. The Kier molecular flexibility index (Phi) is 5.79. The van der Waals surface area contributed by atoms with Crippen molar-refractivity contribution in [1.29, 1.82) is 0 Å². The van der Waals surface area contributed by atoms with E-state index in [0.717, 1.165) is 51.7 Å². The summed E-state index contributed by atoms with van der Waals surface area (Å²) in [5, 5.41) is 11.6. The number of aliphatic hydroxyl groups is 1. The number of likely N-dealkylation sites (tertiary alicyclic amines) is 1. The van der Waals surface area contributed by atoms with Gasteiger partial charge in [-0.1, -0.05) is 6.07 Å². The third-order valence-corrected chi connectivity index (χ3v) is 8.10. The van der Waals surface area contributed by atoms with Gasteiger partial charge in [-0.2, -0.15) is 0 Å². The molecule has 2 aromatic heterocycles. The van der Waals surface area contributed by atoms with Gasteiger partial charge < -0.3 is 24.6 Å². The van der Waals surface area contributed by atoms with Crippen LogP contribution >= 0.6 is 0 Å². The summed E-state index contributed by atoms with van der Waals surface area (Å²) in [6, 6.07) is 6.42. The van der Waals surface area contributed by atoms with E-state index in [0.29, 0.717) is 38.9 Å². The van der Waals surface area contributed by atoms with Gasteiger partial charge in [0.2, 0.25) is 0 Å². The van der Waals surface area contributed by atoms with Crippen LogP contribution in [0, 0.1) is 6.92 Å². The van der Waals surface area contributed by atoms with Crippen LogP contribution < -0.4 is 0 Å². The number of benzene rings is 1. The molecule has 38 heavy (non-hydrogen) atoms. The zero-order valence-corrected chi connectivity index (χ0v) is 22.6. The highest BCUT2D eigenvalue weighted by atomic mass is 16.6. The Morgan fingerprint density at radius 3 is 2.68 bits per heavy atom. The third kappa shape index (κ3) is 4.45. The van der Waals surface area contributed by atoms with Crippen LogP contribution in [0.3, 0.4) is 0 Å². The average molecular weight is 517 g/mol. The zero-order chi connectivity index (χ0) is 26.8. The molecular weight excluding hydrogens is 480 g/mol. The van der Waals surface area contributed by atoms with Gasteiger partial charge in [0.05, 0.1) is 6.04 Å². The molecule has 1 saturated heterocycles. The number of carbonyl (C=O) groups is 2. The quantitative estimate of drug-likeness (QED) is 0.509. The highest BCUT2D eigenvalue weighted by Gasteiger charge is 2.50. The first-order valence-electron chi connectivity index (χ1n) is 13.6. The third-order valence-electron chi connectivity index (χ3n) is 8.10. The van der Waals surface area contributed by atoms with E-state index in [1.807, 2.05) is 38.1 Å². The van der Waals surface area contributed by atoms with Crippen molar-refractivity contribution < 1.29 is 19.4 Å². The van der Waals surface area contributed by atoms with E-state index in [2.05, 4.69) is 35.1 Å². The average Bonchev–Trinajstić information content (AvgIpc) is 3.28. The minimum absolute atomic E-state index is 0.136. The Balaban J connectivity index is 1.43. The molecule has 8 heteroatoms. The number of nitrogens with one attached hydrogen (secondary N) is 1. The van der Waals surface area contributed by atoms with Gasteiger partial charge in [0, 0.05) is 43.0 Å². The first kappa shape index (κ1) is 24.9. The van der Waals surface area contributed by atoms with Crippen LogP contribution in [0.15, 0.2) is 30.6 Å². The van der Waals surface area contributed by atoms with Gasteiger partial charge in [-0.15, -0.1) is 0 Å². The summed E-state index contributed by atoms with van der Waals surface area (Å²) in [7, 11) is 0.